The minimum Gasteiger partial charge on any atom is -0.465 e. The number of aryl methyl sites for hydroxylation is 1. The first-order valence-corrected chi connectivity index (χ1v) is 7.69. The fraction of sp³-hybridized carbons (Fsp3) is 0.263. The number of nitrogens with one attached hydrogen (secondary N) is 1. The summed E-state index contributed by atoms with van der Waals surface area (Å²) in [5.74, 6) is -0.384. The van der Waals surface area contributed by atoms with Crippen molar-refractivity contribution in [2.24, 2.45) is 0 Å². The number of hydrogen-bond donors (Lipinski definition) is 1. The van der Waals surface area contributed by atoms with Crippen molar-refractivity contribution in [2.45, 2.75) is 25.8 Å². The molecule has 4 heteroatoms. The van der Waals surface area contributed by atoms with Crippen LogP contribution in [0, 0.1) is 6.92 Å². The van der Waals surface area contributed by atoms with Crippen LogP contribution in [0.15, 0.2) is 42.5 Å². The standard InChI is InChI=1S/C19H19NO3/c1-12-3-4-15(18(21)20-16-9-10-16)11-17(12)13-5-7-14(8-6-13)19(22)23-2/h3-8,11,16H,9-10H2,1-2H3,(H,20,21). The van der Waals surface area contributed by atoms with E-state index in [1.807, 2.05) is 37.3 Å². The lowest BCUT2D eigenvalue weighted by molar-refractivity contribution is 0.0600. The van der Waals surface area contributed by atoms with E-state index in [1.54, 1.807) is 12.1 Å². The molecule has 0 heterocycles. The average Bonchev–Trinajstić information content (AvgIpc) is 3.38. The van der Waals surface area contributed by atoms with Crippen molar-refractivity contribution < 1.29 is 14.3 Å². The molecule has 2 aromatic carbocycles. The Morgan fingerprint density at radius 3 is 2.30 bits per heavy atom. The number of carbonyl (C=O) groups excluding carboxylic acids is 2. The number of benzene rings is 2. The van der Waals surface area contributed by atoms with Crippen LogP contribution in [0.2, 0.25) is 0 Å². The molecule has 0 radical (unpaired) electrons. The summed E-state index contributed by atoms with van der Waals surface area (Å²) in [6.07, 6.45) is 2.14. The fourth-order valence-electron chi connectivity index (χ4n) is 2.47. The lowest BCUT2D eigenvalue weighted by Gasteiger charge is -2.10. The summed E-state index contributed by atoms with van der Waals surface area (Å²) in [5.41, 5.74) is 4.21. The van der Waals surface area contributed by atoms with Crippen molar-refractivity contribution in [1.29, 1.82) is 0 Å². The summed E-state index contributed by atoms with van der Waals surface area (Å²) in [6.45, 7) is 2.01. The van der Waals surface area contributed by atoms with Crippen LogP contribution < -0.4 is 5.32 Å². The Kier molecular flexibility index (Phi) is 4.15. The summed E-state index contributed by atoms with van der Waals surface area (Å²) >= 11 is 0. The van der Waals surface area contributed by atoms with E-state index in [0.29, 0.717) is 17.2 Å². The zero-order valence-corrected chi connectivity index (χ0v) is 13.3. The molecule has 0 aromatic heterocycles. The van der Waals surface area contributed by atoms with Crippen LogP contribution in [0.3, 0.4) is 0 Å². The van der Waals surface area contributed by atoms with Gasteiger partial charge >= 0.3 is 5.97 Å². The summed E-state index contributed by atoms with van der Waals surface area (Å²) in [5, 5.41) is 3.00. The second kappa shape index (κ2) is 6.24. The van der Waals surface area contributed by atoms with E-state index in [1.165, 1.54) is 7.11 Å². The lowest BCUT2D eigenvalue weighted by atomic mass is 9.97. The van der Waals surface area contributed by atoms with Crippen LogP contribution in [0.5, 0.6) is 0 Å². The zero-order chi connectivity index (χ0) is 16.4. The molecular weight excluding hydrogens is 290 g/mol. The van der Waals surface area contributed by atoms with Crippen LogP contribution in [0.25, 0.3) is 11.1 Å². The van der Waals surface area contributed by atoms with Crippen molar-refractivity contribution in [3.05, 3.63) is 59.2 Å². The maximum absolute atomic E-state index is 12.2. The number of esters is 1. The Morgan fingerprint density at radius 1 is 1.04 bits per heavy atom. The minimum absolute atomic E-state index is 0.0278. The third-order valence-corrected chi connectivity index (χ3v) is 4.03. The van der Waals surface area contributed by atoms with Gasteiger partial charge in [0, 0.05) is 11.6 Å². The molecule has 0 bridgehead atoms. The molecule has 0 spiro atoms. The molecular formula is C19H19NO3. The number of rotatable bonds is 4. The van der Waals surface area contributed by atoms with E-state index in [4.69, 9.17) is 4.74 Å². The molecule has 1 N–H and O–H groups in total. The number of hydrogen-bond acceptors (Lipinski definition) is 3. The van der Waals surface area contributed by atoms with E-state index in [9.17, 15) is 9.59 Å². The fourth-order valence-corrected chi connectivity index (χ4v) is 2.47. The van der Waals surface area contributed by atoms with Gasteiger partial charge in [-0.1, -0.05) is 18.2 Å². The second-order valence-electron chi connectivity index (χ2n) is 5.85. The van der Waals surface area contributed by atoms with Crippen LogP contribution in [-0.2, 0) is 4.74 Å². The predicted octanol–water partition coefficient (Wildman–Crippen LogP) is 3.34. The first-order valence-electron chi connectivity index (χ1n) is 7.69. The molecule has 4 nitrogen and oxygen atoms in total. The van der Waals surface area contributed by atoms with Gasteiger partial charge in [0.15, 0.2) is 0 Å². The first kappa shape index (κ1) is 15.3. The van der Waals surface area contributed by atoms with E-state index in [2.05, 4.69) is 5.32 Å². The van der Waals surface area contributed by atoms with Crippen molar-refractivity contribution in [3.8, 4) is 11.1 Å². The van der Waals surface area contributed by atoms with Gasteiger partial charge in [-0.05, 0) is 60.7 Å². The molecule has 1 aliphatic rings. The molecule has 0 unspecified atom stereocenters. The molecule has 1 amide bonds. The van der Waals surface area contributed by atoms with Gasteiger partial charge in [-0.2, -0.15) is 0 Å². The summed E-state index contributed by atoms with van der Waals surface area (Å²) in [6, 6.07) is 13.3. The molecule has 23 heavy (non-hydrogen) atoms. The maximum Gasteiger partial charge on any atom is 0.337 e. The monoisotopic (exact) mass is 309 g/mol. The molecule has 2 aromatic rings. The van der Waals surface area contributed by atoms with Gasteiger partial charge in [-0.25, -0.2) is 4.79 Å². The molecule has 0 atom stereocenters. The highest BCUT2D eigenvalue weighted by molar-refractivity contribution is 5.96. The molecule has 3 rings (SSSR count). The van der Waals surface area contributed by atoms with Crippen molar-refractivity contribution in [2.75, 3.05) is 7.11 Å². The molecule has 1 fully saturated rings. The van der Waals surface area contributed by atoms with Gasteiger partial charge in [0.2, 0.25) is 0 Å². The highest BCUT2D eigenvalue weighted by Crippen LogP contribution is 2.26. The van der Waals surface area contributed by atoms with Crippen molar-refractivity contribution in [3.63, 3.8) is 0 Å². The first-order chi connectivity index (χ1) is 11.1. The third-order valence-electron chi connectivity index (χ3n) is 4.03. The lowest BCUT2D eigenvalue weighted by Crippen LogP contribution is -2.25. The van der Waals surface area contributed by atoms with Crippen LogP contribution in [-0.4, -0.2) is 25.0 Å². The van der Waals surface area contributed by atoms with Crippen LogP contribution in [0.4, 0.5) is 0 Å². The Labute approximate surface area is 135 Å². The third kappa shape index (κ3) is 3.42. The summed E-state index contributed by atoms with van der Waals surface area (Å²) in [4.78, 5) is 23.7. The smallest absolute Gasteiger partial charge is 0.337 e. The zero-order valence-electron chi connectivity index (χ0n) is 13.3. The van der Waals surface area contributed by atoms with Gasteiger partial charge in [-0.3, -0.25) is 4.79 Å². The number of methoxy groups -OCH3 is 1. The summed E-state index contributed by atoms with van der Waals surface area (Å²) < 4.78 is 4.71. The number of carbonyl (C=O) groups is 2. The highest BCUT2D eigenvalue weighted by atomic mass is 16.5. The predicted molar refractivity (Wildman–Crippen MR) is 88.4 cm³/mol. The largest absolute Gasteiger partial charge is 0.465 e. The molecule has 118 valence electrons. The normalized spacial score (nSPS) is 13.5. The van der Waals surface area contributed by atoms with Gasteiger partial charge < -0.3 is 10.1 Å². The van der Waals surface area contributed by atoms with Gasteiger partial charge in [-0.15, -0.1) is 0 Å². The Bertz CT molecular complexity index is 746. The summed E-state index contributed by atoms with van der Waals surface area (Å²) in [7, 11) is 1.36. The van der Waals surface area contributed by atoms with E-state index >= 15 is 0 Å². The average molecular weight is 309 g/mol. The van der Waals surface area contributed by atoms with E-state index < -0.39 is 0 Å². The molecule has 0 saturated heterocycles. The van der Waals surface area contributed by atoms with Gasteiger partial charge in [0.25, 0.3) is 5.91 Å². The molecule has 0 aliphatic heterocycles. The van der Waals surface area contributed by atoms with E-state index in [-0.39, 0.29) is 11.9 Å². The van der Waals surface area contributed by atoms with Crippen LogP contribution >= 0.6 is 0 Å². The van der Waals surface area contributed by atoms with Gasteiger partial charge in [0.05, 0.1) is 12.7 Å². The van der Waals surface area contributed by atoms with Crippen molar-refractivity contribution >= 4 is 11.9 Å². The maximum atomic E-state index is 12.2. The quantitative estimate of drug-likeness (QED) is 0.881. The number of amides is 1. The SMILES string of the molecule is COC(=O)c1ccc(-c2cc(C(=O)NC3CC3)ccc2C)cc1. The second-order valence-corrected chi connectivity index (χ2v) is 5.85. The highest BCUT2D eigenvalue weighted by Gasteiger charge is 2.24. The Morgan fingerprint density at radius 2 is 1.70 bits per heavy atom. The van der Waals surface area contributed by atoms with E-state index in [0.717, 1.165) is 29.5 Å². The van der Waals surface area contributed by atoms with Crippen molar-refractivity contribution in [1.82, 2.24) is 5.32 Å². The Balaban J connectivity index is 1.88. The molecule has 1 saturated carbocycles. The molecule has 1 aliphatic carbocycles. The Hall–Kier alpha value is -2.62. The van der Waals surface area contributed by atoms with Gasteiger partial charge in [0.1, 0.15) is 0 Å². The topological polar surface area (TPSA) is 55.4 Å². The van der Waals surface area contributed by atoms with Crippen LogP contribution in [0.1, 0.15) is 39.1 Å². The number of ether oxygens (including phenoxy) is 1. The minimum atomic E-state index is -0.356.